The molecule has 6 heteroatoms. The number of carbonyl (C=O) groups excluding carboxylic acids is 1. The van der Waals surface area contributed by atoms with Crippen LogP contribution in [0.3, 0.4) is 0 Å². The maximum atomic E-state index is 10.6. The average Bonchev–Trinajstić information content (AvgIpc) is 2.12. The van der Waals surface area contributed by atoms with Crippen LogP contribution in [0.5, 0.6) is 0 Å². The lowest BCUT2D eigenvalue weighted by molar-refractivity contribution is -0.147. The molecular formula is C8H16N2O4. The summed E-state index contributed by atoms with van der Waals surface area (Å²) in [6.45, 7) is -0.192. The molecule has 1 unspecified atom stereocenters. The molecule has 0 rings (SSSR count). The minimum atomic E-state index is -0.836. The van der Waals surface area contributed by atoms with E-state index in [1.807, 2.05) is 0 Å². The first-order valence-electron chi connectivity index (χ1n) is 4.43. The smallest absolute Gasteiger partial charge is 0.321 e. The first kappa shape index (κ1) is 12.9. The lowest BCUT2D eigenvalue weighted by Crippen LogP contribution is -2.30. The van der Waals surface area contributed by atoms with Crippen LogP contribution < -0.4 is 11.5 Å². The molecule has 14 heavy (non-hydrogen) atoms. The van der Waals surface area contributed by atoms with E-state index in [1.165, 1.54) is 0 Å². The molecule has 0 radical (unpaired) electrons. The molecule has 0 spiro atoms. The third kappa shape index (κ3) is 7.51. The van der Waals surface area contributed by atoms with Gasteiger partial charge in [0.15, 0.2) is 6.23 Å². The van der Waals surface area contributed by atoms with Crippen molar-refractivity contribution in [1.29, 1.82) is 0 Å². The lowest BCUT2D eigenvalue weighted by atomic mass is 10.2. The summed E-state index contributed by atoms with van der Waals surface area (Å²) in [5, 5.41) is 8.33. The molecule has 0 aliphatic rings. The molecule has 1 atom stereocenters. The fourth-order valence-corrected chi connectivity index (χ4v) is 0.898. The molecule has 0 aromatic carbocycles. The number of carboxylic acid groups (broad SMARTS) is 1. The number of unbranched alkanes of at least 4 members (excludes halogenated alkanes) is 1. The zero-order chi connectivity index (χ0) is 11.0. The van der Waals surface area contributed by atoms with Crippen LogP contribution in [0.2, 0.25) is 0 Å². The molecule has 0 aromatic heterocycles. The summed E-state index contributed by atoms with van der Waals surface area (Å²) in [5.74, 6) is -1.38. The van der Waals surface area contributed by atoms with Crippen molar-refractivity contribution in [3.63, 3.8) is 0 Å². The van der Waals surface area contributed by atoms with Gasteiger partial charge in [0.2, 0.25) is 0 Å². The fraction of sp³-hybridized carbons (Fsp3) is 0.750. The van der Waals surface area contributed by atoms with Gasteiger partial charge in [-0.05, 0) is 19.3 Å². The molecule has 0 aliphatic carbocycles. The zero-order valence-corrected chi connectivity index (χ0v) is 7.94. The number of hydrogen-bond donors (Lipinski definition) is 3. The van der Waals surface area contributed by atoms with Crippen molar-refractivity contribution >= 4 is 11.9 Å². The Morgan fingerprint density at radius 2 is 2.00 bits per heavy atom. The minimum absolute atomic E-state index is 0.109. The Bertz CT molecular complexity index is 196. The summed E-state index contributed by atoms with van der Waals surface area (Å²) in [6.07, 6.45) is 1.03. The maximum absolute atomic E-state index is 10.6. The van der Waals surface area contributed by atoms with Crippen molar-refractivity contribution in [2.45, 2.75) is 31.9 Å². The van der Waals surface area contributed by atoms with Gasteiger partial charge in [-0.15, -0.1) is 0 Å². The number of aliphatic carboxylic acids is 1. The van der Waals surface area contributed by atoms with Gasteiger partial charge in [-0.1, -0.05) is 0 Å². The normalized spacial score (nSPS) is 12.1. The lowest BCUT2D eigenvalue weighted by Gasteiger charge is -2.11. The Morgan fingerprint density at radius 1 is 1.36 bits per heavy atom. The quantitative estimate of drug-likeness (QED) is 0.290. The molecule has 82 valence electrons. The van der Waals surface area contributed by atoms with Crippen LogP contribution in [0.25, 0.3) is 0 Å². The molecule has 0 heterocycles. The number of carbonyl (C=O) groups is 2. The Labute approximate surface area is 82.2 Å². The molecule has 6 nitrogen and oxygen atoms in total. The van der Waals surface area contributed by atoms with E-state index in [-0.39, 0.29) is 13.0 Å². The number of carboxylic acids is 1. The van der Waals surface area contributed by atoms with Crippen molar-refractivity contribution < 1.29 is 19.4 Å². The third-order valence-corrected chi connectivity index (χ3v) is 1.58. The molecular weight excluding hydrogens is 188 g/mol. The third-order valence-electron chi connectivity index (χ3n) is 1.58. The molecule has 0 amide bonds. The predicted octanol–water partition coefficient (Wildman–Crippen LogP) is -0.582. The van der Waals surface area contributed by atoms with Gasteiger partial charge in [-0.3, -0.25) is 15.3 Å². The molecule has 0 fully saturated rings. The Hall–Kier alpha value is -1.14. The highest BCUT2D eigenvalue weighted by Crippen LogP contribution is 2.03. The molecule has 0 aliphatic heterocycles. The van der Waals surface area contributed by atoms with Gasteiger partial charge in [0.1, 0.15) is 0 Å². The number of esters is 1. The minimum Gasteiger partial charge on any atom is -0.481 e. The van der Waals surface area contributed by atoms with Gasteiger partial charge in [0, 0.05) is 6.42 Å². The molecule has 5 N–H and O–H groups in total. The maximum Gasteiger partial charge on any atom is 0.321 e. The van der Waals surface area contributed by atoms with Crippen LogP contribution in [-0.4, -0.2) is 29.8 Å². The second-order valence-electron chi connectivity index (χ2n) is 2.87. The van der Waals surface area contributed by atoms with E-state index in [2.05, 4.69) is 4.74 Å². The first-order chi connectivity index (χ1) is 6.56. The summed E-state index contributed by atoms with van der Waals surface area (Å²) >= 11 is 0. The van der Waals surface area contributed by atoms with Gasteiger partial charge in [0.25, 0.3) is 0 Å². The van der Waals surface area contributed by atoms with E-state index >= 15 is 0 Å². The highest BCUT2D eigenvalue weighted by atomic mass is 16.6. The summed E-state index contributed by atoms with van der Waals surface area (Å²) in [7, 11) is 0. The largest absolute Gasteiger partial charge is 0.481 e. The molecule has 0 aromatic rings. The van der Waals surface area contributed by atoms with Crippen LogP contribution >= 0.6 is 0 Å². The zero-order valence-electron chi connectivity index (χ0n) is 7.94. The van der Waals surface area contributed by atoms with Crippen molar-refractivity contribution in [2.75, 3.05) is 6.54 Å². The van der Waals surface area contributed by atoms with Crippen molar-refractivity contribution in [3.05, 3.63) is 0 Å². The molecule has 0 saturated heterocycles. The summed E-state index contributed by atoms with van der Waals surface area (Å²) in [5.41, 5.74) is 10.4. The monoisotopic (exact) mass is 204 g/mol. The Morgan fingerprint density at radius 3 is 2.50 bits per heavy atom. The van der Waals surface area contributed by atoms with E-state index < -0.39 is 18.2 Å². The van der Waals surface area contributed by atoms with Gasteiger partial charge < -0.3 is 15.6 Å². The van der Waals surface area contributed by atoms with E-state index in [0.29, 0.717) is 19.3 Å². The van der Waals surface area contributed by atoms with E-state index in [4.69, 9.17) is 16.6 Å². The number of ether oxygens (including phenoxy) is 1. The number of hydrogen-bond acceptors (Lipinski definition) is 5. The standard InChI is InChI=1S/C8H16N2O4/c9-5-8(13)14-6(10)3-1-2-4-7(11)12/h6H,1-5,9-10H2,(H,11,12). The number of nitrogens with two attached hydrogens (primary N) is 2. The van der Waals surface area contributed by atoms with E-state index in [1.54, 1.807) is 0 Å². The van der Waals surface area contributed by atoms with Gasteiger partial charge in [0.05, 0.1) is 6.54 Å². The van der Waals surface area contributed by atoms with Crippen molar-refractivity contribution in [2.24, 2.45) is 11.5 Å². The first-order valence-corrected chi connectivity index (χ1v) is 4.43. The topological polar surface area (TPSA) is 116 Å². The summed E-state index contributed by atoms with van der Waals surface area (Å²) in [6, 6.07) is 0. The number of rotatable bonds is 7. The Balaban J connectivity index is 3.39. The van der Waals surface area contributed by atoms with E-state index in [9.17, 15) is 9.59 Å². The van der Waals surface area contributed by atoms with E-state index in [0.717, 1.165) is 0 Å². The fourth-order valence-electron chi connectivity index (χ4n) is 0.898. The summed E-state index contributed by atoms with van der Waals surface area (Å²) < 4.78 is 4.67. The van der Waals surface area contributed by atoms with Gasteiger partial charge in [-0.25, -0.2) is 0 Å². The predicted molar refractivity (Wildman–Crippen MR) is 49.2 cm³/mol. The highest BCUT2D eigenvalue weighted by Gasteiger charge is 2.07. The second-order valence-corrected chi connectivity index (χ2v) is 2.87. The van der Waals surface area contributed by atoms with Crippen LogP contribution in [0, 0.1) is 0 Å². The SMILES string of the molecule is NCC(=O)OC(N)CCCCC(=O)O. The van der Waals surface area contributed by atoms with Crippen molar-refractivity contribution in [1.82, 2.24) is 0 Å². The Kier molecular flexibility index (Phi) is 6.69. The van der Waals surface area contributed by atoms with Crippen LogP contribution in [0.4, 0.5) is 0 Å². The van der Waals surface area contributed by atoms with Crippen molar-refractivity contribution in [3.8, 4) is 0 Å². The highest BCUT2D eigenvalue weighted by molar-refractivity contribution is 5.71. The van der Waals surface area contributed by atoms with Crippen LogP contribution in [0.15, 0.2) is 0 Å². The van der Waals surface area contributed by atoms with Crippen LogP contribution in [0.1, 0.15) is 25.7 Å². The second kappa shape index (κ2) is 7.28. The summed E-state index contributed by atoms with van der Waals surface area (Å²) in [4.78, 5) is 20.8. The average molecular weight is 204 g/mol. The molecule has 0 saturated carbocycles. The van der Waals surface area contributed by atoms with Crippen LogP contribution in [-0.2, 0) is 14.3 Å². The van der Waals surface area contributed by atoms with Gasteiger partial charge >= 0.3 is 11.9 Å². The molecule has 0 bridgehead atoms. The van der Waals surface area contributed by atoms with Gasteiger partial charge in [-0.2, -0.15) is 0 Å².